The molecule has 1 aliphatic heterocycles. The molecule has 7 heteroatoms. The van der Waals surface area contributed by atoms with Crippen molar-refractivity contribution in [3.63, 3.8) is 0 Å². The van der Waals surface area contributed by atoms with Crippen molar-refractivity contribution >= 4 is 34.3 Å². The lowest BCUT2D eigenvalue weighted by molar-refractivity contribution is -0.185. The molecule has 6 nitrogen and oxygen atoms in total. The minimum absolute atomic E-state index is 0.304. The number of hydrogen-bond donors (Lipinski definition) is 1. The molecule has 182 valence electrons. The third kappa shape index (κ3) is 4.50. The number of carbonyl (C=O) groups is 1. The van der Waals surface area contributed by atoms with Crippen molar-refractivity contribution < 1.29 is 19.4 Å². The largest absolute Gasteiger partial charge is 0.489 e. The van der Waals surface area contributed by atoms with Gasteiger partial charge < -0.3 is 14.6 Å². The highest BCUT2D eigenvalue weighted by atomic mass is 32.1. The molecule has 0 bridgehead atoms. The van der Waals surface area contributed by atoms with Crippen molar-refractivity contribution in [3.8, 4) is 5.75 Å². The summed E-state index contributed by atoms with van der Waals surface area (Å²) in [7, 11) is 0. The number of aromatic nitrogens is 2. The van der Waals surface area contributed by atoms with Crippen LogP contribution in [0.4, 0.5) is 0 Å². The van der Waals surface area contributed by atoms with Gasteiger partial charge in [-0.2, -0.15) is 8.75 Å². The highest BCUT2D eigenvalue weighted by Crippen LogP contribution is 2.45. The lowest BCUT2D eigenvalue weighted by Gasteiger charge is -2.25. The van der Waals surface area contributed by atoms with Gasteiger partial charge in [0.05, 0.1) is 17.3 Å². The molecule has 1 unspecified atom stereocenters. The fourth-order valence-electron chi connectivity index (χ4n) is 4.52. The zero-order valence-corrected chi connectivity index (χ0v) is 20.5. The third-order valence-corrected chi connectivity index (χ3v) is 6.97. The zero-order chi connectivity index (χ0) is 25.2. The van der Waals surface area contributed by atoms with Crippen LogP contribution in [0.3, 0.4) is 0 Å². The van der Waals surface area contributed by atoms with Crippen LogP contribution < -0.4 is 4.74 Å². The molecular formula is C30H22N2O4S. The maximum atomic E-state index is 13.2. The molecule has 0 saturated heterocycles. The summed E-state index contributed by atoms with van der Waals surface area (Å²) in [5.74, 6) is -1.72. The van der Waals surface area contributed by atoms with Crippen LogP contribution in [0.25, 0.3) is 16.6 Å². The summed E-state index contributed by atoms with van der Waals surface area (Å²) in [6, 6.07) is 32.1. The van der Waals surface area contributed by atoms with E-state index in [0.29, 0.717) is 40.8 Å². The second kappa shape index (κ2) is 9.61. The van der Waals surface area contributed by atoms with Gasteiger partial charge in [-0.25, -0.2) is 4.79 Å². The maximum absolute atomic E-state index is 13.2. The Balaban J connectivity index is 1.36. The SMILES string of the molecule is O=C1OC(O)(c2ccccc2)C(Cc2ccc(OCc3ccccc3)cc2)=C1c1ccc2nsnc2c1. The zero-order valence-electron chi connectivity index (χ0n) is 19.7. The van der Waals surface area contributed by atoms with Gasteiger partial charge in [0.25, 0.3) is 5.79 Å². The van der Waals surface area contributed by atoms with E-state index in [1.54, 1.807) is 12.1 Å². The molecule has 0 aliphatic carbocycles. The first-order valence-corrected chi connectivity index (χ1v) is 12.6. The molecule has 0 spiro atoms. The number of esters is 1. The summed E-state index contributed by atoms with van der Waals surface area (Å²) in [5, 5.41) is 11.8. The van der Waals surface area contributed by atoms with Crippen molar-refractivity contribution in [3.05, 3.63) is 131 Å². The van der Waals surface area contributed by atoms with E-state index in [9.17, 15) is 9.90 Å². The lowest BCUT2D eigenvalue weighted by atomic mass is 9.88. The molecule has 5 aromatic rings. The Morgan fingerprint density at radius 2 is 1.51 bits per heavy atom. The fourth-order valence-corrected chi connectivity index (χ4v) is 5.04. The first-order chi connectivity index (χ1) is 18.1. The maximum Gasteiger partial charge on any atom is 0.342 e. The Kier molecular flexibility index (Phi) is 6.00. The number of ether oxygens (including phenoxy) is 2. The molecule has 2 heterocycles. The molecule has 37 heavy (non-hydrogen) atoms. The van der Waals surface area contributed by atoms with E-state index in [-0.39, 0.29) is 0 Å². The number of aliphatic hydroxyl groups is 1. The minimum atomic E-state index is -1.88. The molecular weight excluding hydrogens is 484 g/mol. The molecule has 0 saturated carbocycles. The predicted molar refractivity (Wildman–Crippen MR) is 142 cm³/mol. The molecule has 1 N–H and O–H groups in total. The van der Waals surface area contributed by atoms with Crippen LogP contribution in [0.1, 0.15) is 22.3 Å². The van der Waals surface area contributed by atoms with Gasteiger partial charge in [0.1, 0.15) is 23.4 Å². The number of carbonyl (C=O) groups excluding carboxylic acids is 1. The molecule has 6 rings (SSSR count). The van der Waals surface area contributed by atoms with Gasteiger partial charge >= 0.3 is 5.97 Å². The van der Waals surface area contributed by atoms with Gasteiger partial charge in [0, 0.05) is 17.6 Å². The number of fused-ring (bicyclic) bond motifs is 1. The average Bonchev–Trinajstić information content (AvgIpc) is 3.51. The molecule has 0 amide bonds. The summed E-state index contributed by atoms with van der Waals surface area (Å²) in [6.07, 6.45) is 0.304. The molecule has 0 fully saturated rings. The molecule has 1 aromatic heterocycles. The number of rotatable bonds is 7. The van der Waals surface area contributed by atoms with Crippen molar-refractivity contribution in [1.82, 2.24) is 8.75 Å². The van der Waals surface area contributed by atoms with E-state index < -0.39 is 11.8 Å². The van der Waals surface area contributed by atoms with Crippen molar-refractivity contribution in [2.75, 3.05) is 0 Å². The normalized spacial score (nSPS) is 17.3. The Hall–Kier alpha value is -4.33. The lowest BCUT2D eigenvalue weighted by Crippen LogP contribution is -2.29. The van der Waals surface area contributed by atoms with Gasteiger partial charge in [0.15, 0.2) is 0 Å². The van der Waals surface area contributed by atoms with E-state index in [0.717, 1.165) is 34.1 Å². The van der Waals surface area contributed by atoms with E-state index in [1.165, 1.54) is 0 Å². The average molecular weight is 507 g/mol. The monoisotopic (exact) mass is 506 g/mol. The van der Waals surface area contributed by atoms with E-state index in [4.69, 9.17) is 9.47 Å². The van der Waals surface area contributed by atoms with Gasteiger partial charge in [-0.1, -0.05) is 78.9 Å². The number of cyclic esters (lactones) is 1. The van der Waals surface area contributed by atoms with Crippen molar-refractivity contribution in [2.24, 2.45) is 0 Å². The van der Waals surface area contributed by atoms with Crippen LogP contribution in [-0.4, -0.2) is 19.8 Å². The van der Waals surface area contributed by atoms with E-state index in [1.807, 2.05) is 91.0 Å². The summed E-state index contributed by atoms with van der Waals surface area (Å²) >= 11 is 1.12. The van der Waals surface area contributed by atoms with Crippen LogP contribution >= 0.6 is 11.7 Å². The molecule has 1 atom stereocenters. The van der Waals surface area contributed by atoms with Crippen LogP contribution in [-0.2, 0) is 28.3 Å². The topological polar surface area (TPSA) is 81.5 Å². The second-order valence-electron chi connectivity index (χ2n) is 8.82. The van der Waals surface area contributed by atoms with Crippen LogP contribution in [0, 0.1) is 0 Å². The van der Waals surface area contributed by atoms with Crippen LogP contribution in [0.15, 0.2) is 109 Å². The second-order valence-corrected chi connectivity index (χ2v) is 9.34. The quantitative estimate of drug-likeness (QED) is 0.287. The van der Waals surface area contributed by atoms with Gasteiger partial charge in [-0.05, 0) is 41.0 Å². The first-order valence-electron chi connectivity index (χ1n) is 11.8. The number of benzene rings is 4. The van der Waals surface area contributed by atoms with Gasteiger partial charge in [0.2, 0.25) is 0 Å². The smallest absolute Gasteiger partial charge is 0.342 e. The van der Waals surface area contributed by atoms with E-state index in [2.05, 4.69) is 8.75 Å². The summed E-state index contributed by atoms with van der Waals surface area (Å²) < 4.78 is 20.1. The molecule has 1 aliphatic rings. The predicted octanol–water partition coefficient (Wildman–Crippen LogP) is 5.67. The van der Waals surface area contributed by atoms with E-state index >= 15 is 0 Å². The van der Waals surface area contributed by atoms with Crippen LogP contribution in [0.5, 0.6) is 5.75 Å². The Morgan fingerprint density at radius 1 is 0.811 bits per heavy atom. The Labute approximate surface area is 217 Å². The number of nitrogens with zero attached hydrogens (tertiary/aromatic N) is 2. The Bertz CT molecular complexity index is 1600. The summed E-state index contributed by atoms with van der Waals surface area (Å²) in [4.78, 5) is 13.2. The first kappa shape index (κ1) is 23.1. The van der Waals surface area contributed by atoms with Crippen molar-refractivity contribution in [1.29, 1.82) is 0 Å². The van der Waals surface area contributed by atoms with Gasteiger partial charge in [-0.3, -0.25) is 0 Å². The third-order valence-electron chi connectivity index (χ3n) is 6.42. The van der Waals surface area contributed by atoms with Gasteiger partial charge in [-0.15, -0.1) is 0 Å². The standard InChI is InChI=1S/C30H22N2O4S/c33-29-28(22-13-16-26-27(18-22)32-37-31-26)25(30(34,36-29)23-9-5-2-6-10-23)17-20-11-14-24(15-12-20)35-19-21-7-3-1-4-8-21/h1-16,18,34H,17,19H2. The minimum Gasteiger partial charge on any atom is -0.489 e. The summed E-state index contributed by atoms with van der Waals surface area (Å²) in [5.41, 5.74) is 5.38. The summed E-state index contributed by atoms with van der Waals surface area (Å²) in [6.45, 7) is 0.472. The van der Waals surface area contributed by atoms with Crippen molar-refractivity contribution in [2.45, 2.75) is 18.8 Å². The highest BCUT2D eigenvalue weighted by molar-refractivity contribution is 7.00. The molecule has 4 aromatic carbocycles. The van der Waals surface area contributed by atoms with Crippen LogP contribution in [0.2, 0.25) is 0 Å². The molecule has 0 radical (unpaired) electrons. The Morgan fingerprint density at radius 3 is 2.27 bits per heavy atom. The number of hydrogen-bond acceptors (Lipinski definition) is 7. The fraction of sp³-hybridized carbons (Fsp3) is 0.100. The highest BCUT2D eigenvalue weighted by Gasteiger charge is 2.48.